The summed E-state index contributed by atoms with van der Waals surface area (Å²) in [5, 5.41) is 14.9. The van der Waals surface area contributed by atoms with Gasteiger partial charge >= 0.3 is 6.09 Å². The summed E-state index contributed by atoms with van der Waals surface area (Å²) in [6.45, 7) is 0.794. The SMILES string of the molecule is NCCCC[C@@H]1NC(=O)[C@@H](Cc2c[nH]c3ccccc23)NC(=O)[C@H](c2ccccc2)NC(=O)[C@@H]2C[C@@H](OC(=O)NCCN)CN2C(=O)[C@H](Cc2ccc(OCc3ccccc3)cc2)NC1=O. The van der Waals surface area contributed by atoms with Crippen molar-refractivity contribution >= 4 is 46.5 Å². The van der Waals surface area contributed by atoms with Crippen LogP contribution in [0.25, 0.3) is 10.9 Å². The van der Waals surface area contributed by atoms with Crippen LogP contribution in [0.3, 0.4) is 0 Å². The Hall–Kier alpha value is -7.24. The van der Waals surface area contributed by atoms with Crippen LogP contribution in [-0.2, 0) is 48.2 Å². The molecule has 5 aromatic rings. The van der Waals surface area contributed by atoms with Gasteiger partial charge < -0.3 is 57.4 Å². The van der Waals surface area contributed by atoms with Gasteiger partial charge in [-0.15, -0.1) is 0 Å². The van der Waals surface area contributed by atoms with Gasteiger partial charge in [-0.05, 0) is 66.3 Å². The Bertz CT molecular complexity index is 2450. The molecule has 7 rings (SSSR count). The van der Waals surface area contributed by atoms with Crippen LogP contribution < -0.4 is 42.8 Å². The van der Waals surface area contributed by atoms with E-state index in [0.29, 0.717) is 42.9 Å². The fraction of sp³-hybridized carbons (Fsp3) is 0.347. The third-order valence-electron chi connectivity index (χ3n) is 11.8. The highest BCUT2D eigenvalue weighted by atomic mass is 16.6. The number of nitrogens with two attached hydrogens (primary N) is 2. The molecule has 2 aliphatic heterocycles. The summed E-state index contributed by atoms with van der Waals surface area (Å²) >= 11 is 0. The van der Waals surface area contributed by atoms with Crippen molar-refractivity contribution in [2.75, 3.05) is 26.2 Å². The molecule has 17 heteroatoms. The van der Waals surface area contributed by atoms with Crippen molar-refractivity contribution in [3.8, 4) is 5.75 Å². The Balaban J connectivity index is 1.25. The molecular formula is C49H57N9O8. The zero-order valence-corrected chi connectivity index (χ0v) is 36.6. The van der Waals surface area contributed by atoms with E-state index in [-0.39, 0.29) is 45.3 Å². The van der Waals surface area contributed by atoms with Gasteiger partial charge in [-0.3, -0.25) is 24.0 Å². The van der Waals surface area contributed by atoms with Crippen LogP contribution in [0.15, 0.2) is 115 Å². The van der Waals surface area contributed by atoms with E-state index in [1.54, 1.807) is 60.8 Å². The van der Waals surface area contributed by atoms with Crippen LogP contribution in [0, 0.1) is 0 Å². The maximum absolute atomic E-state index is 15.0. The molecule has 0 bridgehead atoms. The zero-order valence-electron chi connectivity index (χ0n) is 36.6. The van der Waals surface area contributed by atoms with E-state index in [4.69, 9.17) is 20.9 Å². The number of ether oxygens (including phenoxy) is 2. The van der Waals surface area contributed by atoms with Crippen molar-refractivity contribution in [1.82, 2.24) is 36.5 Å². The zero-order chi connectivity index (χ0) is 46.4. The third-order valence-corrected chi connectivity index (χ3v) is 11.8. The summed E-state index contributed by atoms with van der Waals surface area (Å²) < 4.78 is 11.7. The number of amides is 6. The van der Waals surface area contributed by atoms with E-state index in [1.165, 1.54) is 4.90 Å². The van der Waals surface area contributed by atoms with E-state index in [2.05, 4.69) is 31.6 Å². The number of alkyl carbamates (subject to hydrolysis) is 1. The average Bonchev–Trinajstić information content (AvgIpc) is 3.95. The van der Waals surface area contributed by atoms with Gasteiger partial charge in [0.15, 0.2) is 0 Å². The highest BCUT2D eigenvalue weighted by Gasteiger charge is 2.45. The Morgan fingerprint density at radius 1 is 0.682 bits per heavy atom. The number of carbonyl (C=O) groups excluding carboxylic acids is 6. The van der Waals surface area contributed by atoms with Gasteiger partial charge in [-0.2, -0.15) is 0 Å². The largest absolute Gasteiger partial charge is 0.489 e. The first-order valence-electron chi connectivity index (χ1n) is 22.3. The van der Waals surface area contributed by atoms with Crippen LogP contribution >= 0.6 is 0 Å². The molecule has 346 valence electrons. The summed E-state index contributed by atoms with van der Waals surface area (Å²) in [5.74, 6) is -2.75. The number of hydrogen-bond acceptors (Lipinski definition) is 10. The number of unbranched alkanes of at least 4 members (excludes halogenated alkanes) is 1. The van der Waals surface area contributed by atoms with Crippen molar-refractivity contribution in [1.29, 1.82) is 0 Å². The minimum atomic E-state index is -1.33. The van der Waals surface area contributed by atoms with E-state index in [0.717, 1.165) is 22.0 Å². The minimum absolute atomic E-state index is 0.0176. The number of nitrogens with zero attached hydrogens (tertiary/aromatic N) is 1. The predicted octanol–water partition coefficient (Wildman–Crippen LogP) is 2.64. The number of H-pyrrole nitrogens is 1. The molecule has 0 radical (unpaired) electrons. The van der Waals surface area contributed by atoms with Crippen molar-refractivity contribution in [2.24, 2.45) is 11.5 Å². The summed E-state index contributed by atoms with van der Waals surface area (Å²) in [6, 6.07) is 26.7. The maximum Gasteiger partial charge on any atom is 0.407 e. The number of para-hydroxylation sites is 1. The number of nitrogens with one attached hydrogen (secondary N) is 6. The number of aromatic amines is 1. The molecule has 2 saturated heterocycles. The lowest BCUT2D eigenvalue weighted by atomic mass is 10.0. The summed E-state index contributed by atoms with van der Waals surface area (Å²) in [6.07, 6.45) is 1.14. The lowest BCUT2D eigenvalue weighted by molar-refractivity contribution is -0.142. The first kappa shape index (κ1) is 46.7. The monoisotopic (exact) mass is 899 g/mol. The number of hydrogen-bond donors (Lipinski definition) is 8. The highest BCUT2D eigenvalue weighted by molar-refractivity contribution is 5.99. The van der Waals surface area contributed by atoms with Crippen LogP contribution in [0.4, 0.5) is 4.79 Å². The Kier molecular flexibility index (Phi) is 16.0. The number of carbonyl (C=O) groups is 6. The number of aromatic nitrogens is 1. The second-order valence-corrected chi connectivity index (χ2v) is 16.5. The fourth-order valence-corrected chi connectivity index (χ4v) is 8.32. The number of rotatable bonds is 15. The first-order valence-corrected chi connectivity index (χ1v) is 22.3. The van der Waals surface area contributed by atoms with Crippen LogP contribution in [-0.4, -0.2) is 102 Å². The molecule has 66 heavy (non-hydrogen) atoms. The van der Waals surface area contributed by atoms with Crippen molar-refractivity contribution in [2.45, 2.75) is 81.4 Å². The molecule has 1 aromatic heterocycles. The molecule has 6 atom stereocenters. The molecule has 2 fully saturated rings. The maximum atomic E-state index is 15.0. The van der Waals surface area contributed by atoms with Crippen LogP contribution in [0.5, 0.6) is 5.75 Å². The highest BCUT2D eigenvalue weighted by Crippen LogP contribution is 2.26. The van der Waals surface area contributed by atoms with Gasteiger partial charge in [0, 0.05) is 49.5 Å². The molecule has 6 amide bonds. The van der Waals surface area contributed by atoms with E-state index < -0.39 is 71.9 Å². The molecule has 0 unspecified atom stereocenters. The molecule has 4 aromatic carbocycles. The number of benzene rings is 4. The summed E-state index contributed by atoms with van der Waals surface area (Å²) in [7, 11) is 0. The second kappa shape index (κ2) is 22.6. The first-order chi connectivity index (χ1) is 32.1. The average molecular weight is 900 g/mol. The summed E-state index contributed by atoms with van der Waals surface area (Å²) in [4.78, 5) is 90.6. The van der Waals surface area contributed by atoms with Crippen LogP contribution in [0.1, 0.15) is 54.0 Å². The van der Waals surface area contributed by atoms with Gasteiger partial charge in [0.1, 0.15) is 48.7 Å². The molecule has 10 N–H and O–H groups in total. The van der Waals surface area contributed by atoms with Gasteiger partial charge in [0.25, 0.3) is 0 Å². The van der Waals surface area contributed by atoms with Crippen molar-refractivity contribution < 1.29 is 38.2 Å². The molecule has 0 aliphatic carbocycles. The Morgan fingerprint density at radius 2 is 1.36 bits per heavy atom. The topological polar surface area (TPSA) is 252 Å². The Labute approximate surface area is 382 Å². The summed E-state index contributed by atoms with van der Waals surface area (Å²) in [5.41, 5.74) is 15.1. The molecule has 2 aliphatic rings. The minimum Gasteiger partial charge on any atom is -0.489 e. The van der Waals surface area contributed by atoms with Gasteiger partial charge in [0.2, 0.25) is 29.5 Å². The van der Waals surface area contributed by atoms with Crippen molar-refractivity contribution in [3.63, 3.8) is 0 Å². The van der Waals surface area contributed by atoms with E-state index >= 15 is 4.79 Å². The molecule has 0 saturated carbocycles. The third kappa shape index (κ3) is 12.1. The number of fused-ring (bicyclic) bond motifs is 2. The molecular weight excluding hydrogens is 843 g/mol. The normalized spacial score (nSPS) is 21.7. The fourth-order valence-electron chi connectivity index (χ4n) is 8.32. The molecule has 17 nitrogen and oxygen atoms in total. The lowest BCUT2D eigenvalue weighted by Gasteiger charge is -2.30. The smallest absolute Gasteiger partial charge is 0.407 e. The Morgan fingerprint density at radius 3 is 2.11 bits per heavy atom. The predicted molar refractivity (Wildman–Crippen MR) is 246 cm³/mol. The van der Waals surface area contributed by atoms with E-state index in [9.17, 15) is 24.0 Å². The second-order valence-electron chi connectivity index (χ2n) is 16.5. The van der Waals surface area contributed by atoms with E-state index in [1.807, 2.05) is 54.6 Å². The van der Waals surface area contributed by atoms with Crippen LogP contribution in [0.2, 0.25) is 0 Å². The van der Waals surface area contributed by atoms with Gasteiger partial charge in [0.05, 0.1) is 6.54 Å². The van der Waals surface area contributed by atoms with Crippen molar-refractivity contribution in [3.05, 3.63) is 138 Å². The molecule has 3 heterocycles. The van der Waals surface area contributed by atoms with Gasteiger partial charge in [-0.1, -0.05) is 91.0 Å². The quantitative estimate of drug-likeness (QED) is 0.0714. The standard InChI is InChI=1S/C49H57N9O8/c50-22-10-9-17-39-44(59)56-41(25-31-18-20-35(21-19-31)65-30-32-11-3-1-4-12-32)48(63)58-29-36(66-49(64)52-24-23-51)27-42(58)46(61)57-43(33-13-5-2-6-14-33)47(62)55-40(45(60)54-39)26-34-28-53-38-16-8-7-15-37(34)38/h1-8,11-16,18-21,28,36,39-43,53H,9-10,17,22-27,29-30,50-51H2,(H,52,64)(H,54,60)(H,55,62)(H,56,59)(H,57,61)/t36-,39+,40-,41+,42+,43+/m1/s1. The lowest BCUT2D eigenvalue weighted by Crippen LogP contribution is -2.58. The van der Waals surface area contributed by atoms with Gasteiger partial charge in [-0.25, -0.2) is 4.79 Å². The molecule has 0 spiro atoms.